The number of rotatable bonds is 6. The normalized spacial score (nSPS) is 10.9. The quantitative estimate of drug-likeness (QED) is 0.570. The zero-order chi connectivity index (χ0) is 21.0. The molecule has 148 valence electrons. The fraction of sp³-hybridized carbons (Fsp3) is 0. The average Bonchev–Trinajstić information content (AvgIpc) is 2.68. The van der Waals surface area contributed by atoms with Crippen LogP contribution in [0.2, 0.25) is 0 Å². The van der Waals surface area contributed by atoms with Crippen LogP contribution in [0.15, 0.2) is 82.2 Å². The molecule has 3 aromatic rings. The van der Waals surface area contributed by atoms with Gasteiger partial charge in [0.05, 0.1) is 5.97 Å². The molecule has 29 heavy (non-hydrogen) atoms. The van der Waals surface area contributed by atoms with Gasteiger partial charge in [-0.3, -0.25) is 9.52 Å². The second kappa shape index (κ2) is 8.46. The van der Waals surface area contributed by atoms with Crippen LogP contribution < -0.4 is 15.1 Å². The number of amides is 1. The van der Waals surface area contributed by atoms with Gasteiger partial charge in [0.1, 0.15) is 4.90 Å². The lowest BCUT2D eigenvalue weighted by Gasteiger charge is -2.12. The smallest absolute Gasteiger partial charge is 0.263 e. The van der Waals surface area contributed by atoms with Crippen molar-refractivity contribution in [1.29, 1.82) is 0 Å². The lowest BCUT2D eigenvalue weighted by molar-refractivity contribution is -0.255. The molecule has 1 amide bonds. The summed E-state index contributed by atoms with van der Waals surface area (Å²) in [4.78, 5) is 23.3. The zero-order valence-electron chi connectivity index (χ0n) is 14.8. The highest BCUT2D eigenvalue weighted by Crippen LogP contribution is 2.26. The molecule has 2 N–H and O–H groups in total. The number of carboxylic acid groups (broad SMARTS) is 1. The number of halogens is 1. The van der Waals surface area contributed by atoms with Crippen molar-refractivity contribution in [2.45, 2.75) is 4.90 Å². The molecule has 0 spiro atoms. The van der Waals surface area contributed by atoms with Crippen molar-refractivity contribution >= 4 is 49.2 Å². The fourth-order valence-electron chi connectivity index (χ4n) is 2.50. The summed E-state index contributed by atoms with van der Waals surface area (Å²) in [6, 6.07) is 18.1. The van der Waals surface area contributed by atoms with Gasteiger partial charge >= 0.3 is 0 Å². The van der Waals surface area contributed by atoms with Crippen molar-refractivity contribution in [2.24, 2.45) is 0 Å². The summed E-state index contributed by atoms with van der Waals surface area (Å²) in [6.07, 6.45) is 0. The first kappa shape index (κ1) is 20.6. The van der Waals surface area contributed by atoms with Crippen LogP contribution in [-0.2, 0) is 10.0 Å². The van der Waals surface area contributed by atoms with E-state index in [0.717, 1.165) is 6.07 Å². The zero-order valence-corrected chi connectivity index (χ0v) is 17.2. The molecule has 0 radical (unpaired) electrons. The van der Waals surface area contributed by atoms with Gasteiger partial charge in [-0.15, -0.1) is 0 Å². The molecular formula is C20H14BrN2O5S-. The summed E-state index contributed by atoms with van der Waals surface area (Å²) in [5.41, 5.74) is 0.598. The van der Waals surface area contributed by atoms with E-state index in [0.29, 0.717) is 5.69 Å². The van der Waals surface area contributed by atoms with Crippen LogP contribution in [-0.4, -0.2) is 20.3 Å². The van der Waals surface area contributed by atoms with Crippen LogP contribution in [0, 0.1) is 0 Å². The summed E-state index contributed by atoms with van der Waals surface area (Å²) >= 11 is 3.18. The number of hydrogen-bond donors (Lipinski definition) is 2. The molecule has 7 nitrogen and oxygen atoms in total. The van der Waals surface area contributed by atoms with Crippen molar-refractivity contribution in [2.75, 3.05) is 10.0 Å². The van der Waals surface area contributed by atoms with E-state index < -0.39 is 21.9 Å². The van der Waals surface area contributed by atoms with E-state index in [-0.39, 0.29) is 26.2 Å². The van der Waals surface area contributed by atoms with Gasteiger partial charge in [0, 0.05) is 21.4 Å². The lowest BCUT2D eigenvalue weighted by atomic mass is 10.2. The fourth-order valence-corrected chi connectivity index (χ4v) is 4.54. The Kier molecular flexibility index (Phi) is 6.00. The Morgan fingerprint density at radius 2 is 1.52 bits per heavy atom. The predicted molar refractivity (Wildman–Crippen MR) is 110 cm³/mol. The molecule has 0 aliphatic carbocycles. The molecule has 0 bridgehead atoms. The number of nitrogens with one attached hydrogen (secondary N) is 2. The largest absolute Gasteiger partial charge is 0.545 e. The third-order valence-electron chi connectivity index (χ3n) is 3.87. The minimum Gasteiger partial charge on any atom is -0.545 e. The van der Waals surface area contributed by atoms with E-state index in [9.17, 15) is 23.1 Å². The molecule has 0 fully saturated rings. The standard InChI is InChI=1S/C20H15BrN2O5S/c21-17-10-9-13(19(24)22-15-6-2-1-3-7-15)12-18(17)29(27,28)23-16-8-4-5-14(11-16)20(25)26/h1-12,23H,(H,22,24)(H,25,26)/p-1. The Labute approximate surface area is 175 Å². The number of benzene rings is 3. The first-order chi connectivity index (χ1) is 13.8. The Morgan fingerprint density at radius 3 is 2.21 bits per heavy atom. The SMILES string of the molecule is O=C([O-])c1cccc(NS(=O)(=O)c2cc(C(=O)Nc3ccccc3)ccc2Br)c1. The second-order valence-corrected chi connectivity index (χ2v) is 8.44. The molecular weight excluding hydrogens is 460 g/mol. The summed E-state index contributed by atoms with van der Waals surface area (Å²) in [7, 11) is -4.11. The summed E-state index contributed by atoms with van der Waals surface area (Å²) in [5, 5.41) is 13.7. The van der Waals surface area contributed by atoms with Gasteiger partial charge in [-0.25, -0.2) is 8.42 Å². The molecule has 0 atom stereocenters. The van der Waals surface area contributed by atoms with E-state index in [2.05, 4.69) is 26.0 Å². The first-order valence-electron chi connectivity index (χ1n) is 8.26. The Hall–Kier alpha value is -3.17. The van der Waals surface area contributed by atoms with E-state index >= 15 is 0 Å². The maximum atomic E-state index is 12.8. The summed E-state index contributed by atoms with van der Waals surface area (Å²) < 4.78 is 28.2. The molecule has 0 aliphatic heterocycles. The third kappa shape index (κ3) is 5.01. The number of carboxylic acids is 1. The number of aromatic carboxylic acids is 1. The van der Waals surface area contributed by atoms with Gasteiger partial charge in [0.15, 0.2) is 0 Å². The lowest BCUT2D eigenvalue weighted by Crippen LogP contribution is -2.22. The van der Waals surface area contributed by atoms with Crippen LogP contribution >= 0.6 is 15.9 Å². The number of para-hydroxylation sites is 1. The molecule has 3 aromatic carbocycles. The molecule has 0 saturated heterocycles. The van der Waals surface area contributed by atoms with Crippen LogP contribution in [0.5, 0.6) is 0 Å². The maximum Gasteiger partial charge on any atom is 0.263 e. The van der Waals surface area contributed by atoms with Crippen molar-refractivity contribution in [3.8, 4) is 0 Å². The van der Waals surface area contributed by atoms with E-state index in [1.807, 2.05) is 0 Å². The molecule has 0 heterocycles. The van der Waals surface area contributed by atoms with Crippen LogP contribution in [0.25, 0.3) is 0 Å². The monoisotopic (exact) mass is 473 g/mol. The topological polar surface area (TPSA) is 115 Å². The van der Waals surface area contributed by atoms with Gasteiger partial charge in [-0.1, -0.05) is 30.3 Å². The Bertz CT molecular complexity index is 1180. The van der Waals surface area contributed by atoms with Gasteiger partial charge in [0.25, 0.3) is 15.9 Å². The number of carbonyl (C=O) groups excluding carboxylic acids is 2. The van der Waals surface area contributed by atoms with Gasteiger partial charge in [-0.2, -0.15) is 0 Å². The Morgan fingerprint density at radius 1 is 0.828 bits per heavy atom. The second-order valence-electron chi connectivity index (χ2n) is 5.94. The van der Waals surface area contributed by atoms with Gasteiger partial charge < -0.3 is 15.2 Å². The molecule has 0 aromatic heterocycles. The number of sulfonamides is 1. The minimum atomic E-state index is -4.11. The summed E-state index contributed by atoms with van der Waals surface area (Å²) in [5.74, 6) is -1.90. The molecule has 0 saturated carbocycles. The highest BCUT2D eigenvalue weighted by Gasteiger charge is 2.20. The number of hydrogen-bond acceptors (Lipinski definition) is 5. The highest BCUT2D eigenvalue weighted by atomic mass is 79.9. The minimum absolute atomic E-state index is 0.0535. The van der Waals surface area contributed by atoms with Crippen LogP contribution in [0.3, 0.4) is 0 Å². The van der Waals surface area contributed by atoms with Crippen molar-refractivity contribution in [3.05, 3.63) is 88.4 Å². The van der Waals surface area contributed by atoms with E-state index in [4.69, 9.17) is 0 Å². The van der Waals surface area contributed by atoms with E-state index in [1.165, 1.54) is 36.4 Å². The first-order valence-corrected chi connectivity index (χ1v) is 10.5. The molecule has 0 aliphatic rings. The summed E-state index contributed by atoms with van der Waals surface area (Å²) in [6.45, 7) is 0. The third-order valence-corrected chi connectivity index (χ3v) is 6.24. The van der Waals surface area contributed by atoms with E-state index in [1.54, 1.807) is 30.3 Å². The van der Waals surface area contributed by atoms with Gasteiger partial charge in [0.2, 0.25) is 0 Å². The highest BCUT2D eigenvalue weighted by molar-refractivity contribution is 9.10. The van der Waals surface area contributed by atoms with Crippen molar-refractivity contribution in [1.82, 2.24) is 0 Å². The van der Waals surface area contributed by atoms with Crippen LogP contribution in [0.4, 0.5) is 11.4 Å². The van der Waals surface area contributed by atoms with Crippen LogP contribution in [0.1, 0.15) is 20.7 Å². The Balaban J connectivity index is 1.89. The van der Waals surface area contributed by atoms with Crippen molar-refractivity contribution in [3.63, 3.8) is 0 Å². The molecule has 9 heteroatoms. The molecule has 3 rings (SSSR count). The number of anilines is 2. The van der Waals surface area contributed by atoms with Crippen molar-refractivity contribution < 1.29 is 23.1 Å². The number of carbonyl (C=O) groups is 2. The predicted octanol–water partition coefficient (Wildman–Crippen LogP) is 2.87. The average molecular weight is 474 g/mol. The maximum absolute atomic E-state index is 12.8. The molecule has 0 unspecified atom stereocenters. The van der Waals surface area contributed by atoms with Gasteiger partial charge in [-0.05, 0) is 64.0 Å².